The molecule has 0 amide bonds. The molecule has 170 valence electrons. The van der Waals surface area contributed by atoms with Crippen molar-refractivity contribution < 1.29 is 5.11 Å². The molecule has 2 aliphatic rings. The van der Waals surface area contributed by atoms with E-state index < -0.39 is 0 Å². The van der Waals surface area contributed by atoms with Crippen LogP contribution in [0.1, 0.15) is 51.0 Å². The summed E-state index contributed by atoms with van der Waals surface area (Å²) in [5.74, 6) is 1.18. The smallest absolute Gasteiger partial charge is 0.194 e. The first-order valence-corrected chi connectivity index (χ1v) is 12.0. The maximum Gasteiger partial charge on any atom is 0.194 e. The number of nitrogens with one attached hydrogen (secondary N) is 1. The van der Waals surface area contributed by atoms with Crippen molar-refractivity contribution in [2.24, 2.45) is 0 Å². The topological polar surface area (TPSA) is 111 Å². The van der Waals surface area contributed by atoms with Crippen molar-refractivity contribution >= 4 is 17.2 Å². The fourth-order valence-corrected chi connectivity index (χ4v) is 6.20. The standard InChI is InChI=1S/C24H27N7OS/c1-23-7-4-8-24(2,30-23)11-16(10-23)31(3)20-14-27-22(29-28-20)17-6-5-15(9-18(17)32)19-13-26-21(12-25)33-19/h5-6,9,13-14,16,30,32H,4,7-8,10-11H2,1-3H3/t16?,23-,24+. The van der Waals surface area contributed by atoms with Crippen molar-refractivity contribution in [3.63, 3.8) is 0 Å². The highest BCUT2D eigenvalue weighted by Gasteiger charge is 2.46. The molecule has 33 heavy (non-hydrogen) atoms. The Morgan fingerprint density at radius 1 is 1.15 bits per heavy atom. The van der Waals surface area contributed by atoms with Gasteiger partial charge in [0.15, 0.2) is 16.6 Å². The number of nitrogens with zero attached hydrogens (tertiary/aromatic N) is 6. The predicted octanol–water partition coefficient (Wildman–Crippen LogP) is 4.13. The molecular formula is C24H27N7OS. The van der Waals surface area contributed by atoms with E-state index in [0.29, 0.717) is 22.4 Å². The van der Waals surface area contributed by atoms with Crippen molar-refractivity contribution in [2.75, 3.05) is 11.9 Å². The quantitative estimate of drug-likeness (QED) is 0.597. The summed E-state index contributed by atoms with van der Waals surface area (Å²) in [5.41, 5.74) is 1.62. The molecule has 4 heterocycles. The predicted molar refractivity (Wildman–Crippen MR) is 128 cm³/mol. The highest BCUT2D eigenvalue weighted by atomic mass is 32.1. The Balaban J connectivity index is 1.35. The highest BCUT2D eigenvalue weighted by molar-refractivity contribution is 7.15. The van der Waals surface area contributed by atoms with E-state index in [1.165, 1.54) is 30.6 Å². The first kappa shape index (κ1) is 21.7. The minimum absolute atomic E-state index is 0.0642. The summed E-state index contributed by atoms with van der Waals surface area (Å²) in [4.78, 5) is 11.6. The van der Waals surface area contributed by atoms with Gasteiger partial charge in [0.25, 0.3) is 0 Å². The summed E-state index contributed by atoms with van der Waals surface area (Å²) in [6.07, 6.45) is 9.18. The Morgan fingerprint density at radius 3 is 2.52 bits per heavy atom. The molecule has 2 aromatic heterocycles. The Bertz CT molecular complexity index is 1200. The summed E-state index contributed by atoms with van der Waals surface area (Å²) in [6.45, 7) is 4.66. The van der Waals surface area contributed by atoms with Crippen LogP contribution in [0.2, 0.25) is 0 Å². The number of hydrogen-bond acceptors (Lipinski definition) is 9. The van der Waals surface area contributed by atoms with Crippen molar-refractivity contribution in [3.05, 3.63) is 35.6 Å². The Kier molecular flexibility index (Phi) is 5.30. The Hall–Kier alpha value is -3.09. The number of nitriles is 1. The van der Waals surface area contributed by atoms with Gasteiger partial charge >= 0.3 is 0 Å². The van der Waals surface area contributed by atoms with Crippen LogP contribution in [0.15, 0.2) is 30.6 Å². The molecule has 5 rings (SSSR count). The number of aromatic hydroxyl groups is 1. The van der Waals surface area contributed by atoms with Crippen LogP contribution in [0.4, 0.5) is 5.82 Å². The SMILES string of the molecule is CN(c1cnc(-c2ccc(-c3cnc(C#N)s3)cc2O)nn1)C1C[C@]2(C)CCC[C@](C)(C1)N2. The summed E-state index contributed by atoms with van der Waals surface area (Å²) in [6, 6.07) is 7.68. The normalized spacial score (nSPS) is 26.5. The third kappa shape index (κ3) is 4.16. The summed E-state index contributed by atoms with van der Waals surface area (Å²) in [5, 5.41) is 32.6. The van der Waals surface area contributed by atoms with E-state index in [-0.39, 0.29) is 16.8 Å². The zero-order valence-corrected chi connectivity index (χ0v) is 19.9. The molecule has 8 nitrogen and oxygen atoms in total. The zero-order chi connectivity index (χ0) is 23.2. The summed E-state index contributed by atoms with van der Waals surface area (Å²) >= 11 is 1.28. The number of benzene rings is 1. The van der Waals surface area contributed by atoms with Crippen LogP contribution in [0, 0.1) is 11.3 Å². The van der Waals surface area contributed by atoms with Gasteiger partial charge in [-0.25, -0.2) is 9.97 Å². The third-order valence-corrected chi connectivity index (χ3v) is 7.97. The van der Waals surface area contributed by atoms with E-state index in [2.05, 4.69) is 51.3 Å². The second-order valence-corrected chi connectivity index (χ2v) is 10.8. The number of phenolic OH excluding ortho intramolecular Hbond substituents is 1. The van der Waals surface area contributed by atoms with E-state index in [9.17, 15) is 5.11 Å². The molecule has 9 heteroatoms. The average molecular weight is 462 g/mol. The molecule has 2 aliphatic heterocycles. The van der Waals surface area contributed by atoms with Gasteiger partial charge in [-0.05, 0) is 63.6 Å². The van der Waals surface area contributed by atoms with Gasteiger partial charge in [0, 0.05) is 30.4 Å². The summed E-state index contributed by atoms with van der Waals surface area (Å²) < 4.78 is 0. The van der Waals surface area contributed by atoms with Crippen LogP contribution in [-0.4, -0.2) is 49.4 Å². The molecule has 2 saturated heterocycles. The molecule has 2 bridgehead atoms. The van der Waals surface area contributed by atoms with Crippen LogP contribution in [0.5, 0.6) is 5.75 Å². The molecular weight excluding hydrogens is 434 g/mol. The molecule has 1 aromatic carbocycles. The van der Waals surface area contributed by atoms with Crippen molar-refractivity contribution in [1.82, 2.24) is 25.5 Å². The number of hydrogen-bond donors (Lipinski definition) is 2. The highest BCUT2D eigenvalue weighted by Crippen LogP contribution is 2.42. The monoisotopic (exact) mass is 461 g/mol. The molecule has 3 aromatic rings. The molecule has 3 atom stereocenters. The van der Waals surface area contributed by atoms with Crippen molar-refractivity contribution in [1.29, 1.82) is 5.26 Å². The van der Waals surface area contributed by atoms with Gasteiger partial charge in [-0.1, -0.05) is 6.07 Å². The van der Waals surface area contributed by atoms with Crippen molar-refractivity contribution in [2.45, 2.75) is 63.1 Å². The Labute approximate surface area is 197 Å². The fourth-order valence-electron chi connectivity index (χ4n) is 5.49. The van der Waals surface area contributed by atoms with Gasteiger partial charge in [0.05, 0.1) is 16.6 Å². The molecule has 0 aliphatic carbocycles. The zero-order valence-electron chi connectivity index (χ0n) is 19.0. The largest absolute Gasteiger partial charge is 0.507 e. The van der Waals surface area contributed by atoms with Gasteiger partial charge in [0.1, 0.15) is 11.8 Å². The van der Waals surface area contributed by atoms with Crippen LogP contribution < -0.4 is 10.2 Å². The molecule has 0 saturated carbocycles. The number of piperidine rings is 2. The number of phenols is 1. The third-order valence-electron chi connectivity index (χ3n) is 7.02. The lowest BCUT2D eigenvalue weighted by molar-refractivity contribution is 0.0784. The van der Waals surface area contributed by atoms with Gasteiger partial charge in [-0.2, -0.15) is 5.26 Å². The minimum atomic E-state index is 0.0642. The first-order chi connectivity index (χ1) is 15.8. The van der Waals surface area contributed by atoms with Gasteiger partial charge in [-0.15, -0.1) is 21.5 Å². The van der Waals surface area contributed by atoms with Crippen LogP contribution in [0.25, 0.3) is 21.8 Å². The maximum absolute atomic E-state index is 10.6. The number of rotatable bonds is 4. The van der Waals surface area contributed by atoms with E-state index in [1.807, 2.05) is 12.1 Å². The number of fused-ring (bicyclic) bond motifs is 2. The van der Waals surface area contributed by atoms with Gasteiger partial charge < -0.3 is 15.3 Å². The Morgan fingerprint density at radius 2 is 1.91 bits per heavy atom. The van der Waals surface area contributed by atoms with Crippen molar-refractivity contribution in [3.8, 4) is 33.6 Å². The first-order valence-electron chi connectivity index (χ1n) is 11.2. The van der Waals surface area contributed by atoms with E-state index >= 15 is 0 Å². The number of aromatic nitrogens is 4. The van der Waals surface area contributed by atoms with Crippen LogP contribution in [0.3, 0.4) is 0 Å². The fraction of sp³-hybridized carbons (Fsp3) is 0.458. The van der Waals surface area contributed by atoms with E-state index in [0.717, 1.165) is 29.1 Å². The lowest BCUT2D eigenvalue weighted by Gasteiger charge is -2.55. The maximum atomic E-state index is 10.6. The number of thiazole rings is 1. The van der Waals surface area contributed by atoms with Crippen LogP contribution >= 0.6 is 11.3 Å². The second kappa shape index (κ2) is 8.04. The minimum Gasteiger partial charge on any atom is -0.507 e. The lowest BCUT2D eigenvalue weighted by atomic mass is 9.69. The molecule has 1 unspecified atom stereocenters. The molecule has 0 spiro atoms. The number of anilines is 1. The van der Waals surface area contributed by atoms with Gasteiger partial charge in [-0.3, -0.25) is 0 Å². The average Bonchev–Trinajstić information content (AvgIpc) is 3.27. The molecule has 2 fully saturated rings. The molecule has 2 N–H and O–H groups in total. The molecule has 0 radical (unpaired) electrons. The van der Waals surface area contributed by atoms with Crippen LogP contribution in [-0.2, 0) is 0 Å². The van der Waals surface area contributed by atoms with E-state index in [1.54, 1.807) is 24.5 Å². The second-order valence-electron chi connectivity index (χ2n) is 9.79. The van der Waals surface area contributed by atoms with Gasteiger partial charge in [0.2, 0.25) is 0 Å². The van der Waals surface area contributed by atoms with E-state index in [4.69, 9.17) is 5.26 Å². The lowest BCUT2D eigenvalue weighted by Crippen LogP contribution is -2.66. The summed E-state index contributed by atoms with van der Waals surface area (Å²) in [7, 11) is 2.07.